The molecule has 3 aromatic heterocycles. The van der Waals surface area contributed by atoms with E-state index in [9.17, 15) is 0 Å². The van der Waals surface area contributed by atoms with Gasteiger partial charge in [0.15, 0.2) is 3.79 Å². The molecule has 131 heavy (non-hydrogen) atoms. The first kappa shape index (κ1) is 88.2. The Morgan fingerprint density at radius 2 is 0.580 bits per heavy atom. The molecule has 0 aliphatic heterocycles. The summed E-state index contributed by atoms with van der Waals surface area (Å²) in [4.78, 5) is 2.14. The molecular weight excluding hydrogens is 1840 g/mol. The lowest BCUT2D eigenvalue weighted by Crippen LogP contribution is -2.10. The molecule has 3 heterocycles. The molecule has 0 saturated heterocycles. The van der Waals surface area contributed by atoms with E-state index in [1.165, 1.54) is 143 Å². The summed E-state index contributed by atoms with van der Waals surface area (Å²) in [5.41, 5.74) is 28.1. The van der Waals surface area contributed by atoms with E-state index in [0.717, 1.165) is 87.8 Å². The number of para-hydroxylation sites is 3. The van der Waals surface area contributed by atoms with E-state index in [4.69, 9.17) is 77.0 Å². The van der Waals surface area contributed by atoms with Gasteiger partial charge in [-0.15, -0.1) is 23.2 Å². The first-order valence-corrected chi connectivity index (χ1v) is 46.7. The van der Waals surface area contributed by atoms with Crippen molar-refractivity contribution >= 4 is 243 Å². The van der Waals surface area contributed by atoms with Gasteiger partial charge in [0.25, 0.3) is 0 Å². The molecule has 5 nitrogen and oxygen atoms in total. The third kappa shape index (κ3) is 20.6. The van der Waals surface area contributed by atoms with Gasteiger partial charge in [0.05, 0.1) is 5.69 Å². The van der Waals surface area contributed by atoms with Crippen LogP contribution in [-0.4, -0.2) is 8.63 Å². The number of benzene rings is 21. The smallest absolute Gasteiger partial charge is 0.187 e. The largest absolute Gasteiger partial charge is 0.456 e. The van der Waals surface area contributed by atoms with Crippen LogP contribution in [-0.2, 0) is 6.42 Å². The summed E-state index contributed by atoms with van der Waals surface area (Å²) in [5.74, 6) is 0. The molecule has 0 aliphatic rings. The predicted octanol–water partition coefficient (Wildman–Crippen LogP) is 38.1. The van der Waals surface area contributed by atoms with Crippen molar-refractivity contribution in [3.05, 3.63) is 469 Å². The molecule has 0 atom stereocenters. The molecule has 638 valence electrons. The fraction of sp³-hybridized carbons (Fsp3) is 0.0420. The quantitative estimate of drug-likeness (QED) is 0.0886. The standard InChI is InChI=1S/C44H29NO.C27H18O.C18H13Br.C14H11N.C12H7BrO.C2H3Cl3.C2H4Cl2/c1-2-11-30(12-3-1)32-14-10-15-33(27-32)31-21-23-35(24-22-31)45(36-25-26-41-40-19-8-9-20-43(40)46-44(41)29-36)42-28-34-13-4-5-16-37(34)38-17-6-7-18-39(38)42;1-2-8-21-19(7-1)17-20(22-9-3-4-10-23(21)22)15-18-13-14-25-24-11-5-6-12-26(24)28-27(25)16-18;19-18-11-9-15(10-12-18)17-8-4-7-16(13-17)14-5-2-1-3-6-14;15-14-9-10-5-1-2-6-11(10)12-7-3-4-8-13(12)14;13-8-5-6-10-9-3-1-2-4-11(9)14-12(10)7-8;1-2(3,4)5;1-2(3)4/h1-29H;1-14,16-17H,15H2;1-13H;1-9H,15H2;1-7H;1H3;2H,1H3. The summed E-state index contributed by atoms with van der Waals surface area (Å²) < 4.78 is 19.2. The summed E-state index contributed by atoms with van der Waals surface area (Å²) in [6.07, 6.45) is 0.887. The summed E-state index contributed by atoms with van der Waals surface area (Å²) in [5, 5.41) is 21.9. The van der Waals surface area contributed by atoms with Crippen molar-refractivity contribution in [2.75, 3.05) is 10.6 Å². The molecule has 21 aromatic carbocycles. The summed E-state index contributed by atoms with van der Waals surface area (Å²) in [6, 6.07) is 158. The number of nitrogens with two attached hydrogens (primary N) is 1. The van der Waals surface area contributed by atoms with Gasteiger partial charge in [-0.05, 0) is 233 Å². The Morgan fingerprint density at radius 3 is 1.06 bits per heavy atom. The van der Waals surface area contributed by atoms with E-state index in [0.29, 0.717) is 0 Å². The normalized spacial score (nSPS) is 11.2. The van der Waals surface area contributed by atoms with Gasteiger partial charge < -0.3 is 23.9 Å². The summed E-state index contributed by atoms with van der Waals surface area (Å²) in [6.45, 7) is 3.18. The van der Waals surface area contributed by atoms with Crippen molar-refractivity contribution in [3.63, 3.8) is 0 Å². The number of nitrogens with zero attached hydrogens (tertiary/aromatic N) is 1. The zero-order valence-electron chi connectivity index (χ0n) is 71.4. The minimum atomic E-state index is -1.08. The molecule has 0 spiro atoms. The van der Waals surface area contributed by atoms with Gasteiger partial charge in [-0.3, -0.25) is 0 Å². The number of nitrogen functional groups attached to an aromatic ring is 1. The SMILES string of the molecule is Brc1ccc(-c2cccc(-c3ccccc3)c2)cc1.Brc1ccc2c(c1)oc1ccccc12.CC(Cl)(Cl)Cl.CC(Cl)Cl.Nc1cc2ccccc2c2ccccc12.c1ccc(-c2cccc(-c3ccc(N(c4ccc5c(c4)oc4ccccc45)c4cc5ccccc5c5ccccc45)cc3)c2)cc1.c1ccc2c(c1)cc(Cc1ccc3c(c1)oc1ccccc13)c1ccccc12. The average molecular weight is 1930 g/mol. The van der Waals surface area contributed by atoms with Crippen LogP contribution in [0.15, 0.2) is 471 Å². The first-order chi connectivity index (χ1) is 63.9. The van der Waals surface area contributed by atoms with Gasteiger partial charge in [0, 0.05) is 75.2 Å². The molecule has 0 amide bonds. The van der Waals surface area contributed by atoms with Crippen LogP contribution in [0.4, 0.5) is 22.7 Å². The lowest BCUT2D eigenvalue weighted by Gasteiger charge is -2.27. The minimum absolute atomic E-state index is 0.222. The number of halogens is 7. The van der Waals surface area contributed by atoms with E-state index in [-0.39, 0.29) is 4.84 Å². The Balaban J connectivity index is 0.000000115. The van der Waals surface area contributed by atoms with Gasteiger partial charge in [-0.25, -0.2) is 0 Å². The van der Waals surface area contributed by atoms with Crippen LogP contribution in [0.1, 0.15) is 25.0 Å². The van der Waals surface area contributed by atoms with Crippen molar-refractivity contribution in [2.24, 2.45) is 0 Å². The van der Waals surface area contributed by atoms with Crippen LogP contribution in [0.5, 0.6) is 0 Å². The zero-order chi connectivity index (χ0) is 89.9. The van der Waals surface area contributed by atoms with E-state index in [1.54, 1.807) is 6.92 Å². The number of hydrogen-bond acceptors (Lipinski definition) is 5. The third-order valence-electron chi connectivity index (χ3n) is 23.0. The highest BCUT2D eigenvalue weighted by atomic mass is 79.9. The Labute approximate surface area is 802 Å². The second-order valence-corrected chi connectivity index (χ2v) is 38.1. The Bertz CT molecular complexity index is 8170. The molecule has 0 bridgehead atoms. The molecule has 24 rings (SSSR count). The van der Waals surface area contributed by atoms with Crippen molar-refractivity contribution in [1.82, 2.24) is 0 Å². The number of anilines is 4. The van der Waals surface area contributed by atoms with Crippen LogP contribution in [0.3, 0.4) is 0 Å². The van der Waals surface area contributed by atoms with E-state index in [1.807, 2.05) is 84.9 Å². The molecule has 0 unspecified atom stereocenters. The molecular formula is C119H85Br2Cl5N2O3. The van der Waals surface area contributed by atoms with Crippen LogP contribution in [0, 0.1) is 0 Å². The Kier molecular flexibility index (Phi) is 27.2. The maximum absolute atomic E-state index is 6.37. The molecule has 0 aliphatic carbocycles. The van der Waals surface area contributed by atoms with Crippen molar-refractivity contribution < 1.29 is 13.3 Å². The number of alkyl halides is 5. The van der Waals surface area contributed by atoms with E-state index in [2.05, 4.69) is 401 Å². The fourth-order valence-electron chi connectivity index (χ4n) is 17.1. The van der Waals surface area contributed by atoms with Gasteiger partial charge >= 0.3 is 0 Å². The maximum atomic E-state index is 6.37. The van der Waals surface area contributed by atoms with Crippen LogP contribution >= 0.6 is 89.9 Å². The van der Waals surface area contributed by atoms with Gasteiger partial charge in [-0.1, -0.05) is 406 Å². The predicted molar refractivity (Wildman–Crippen MR) is 572 cm³/mol. The fourth-order valence-corrected chi connectivity index (χ4v) is 17.7. The highest BCUT2D eigenvalue weighted by molar-refractivity contribution is 9.10. The first-order valence-electron chi connectivity index (χ1n) is 43.1. The molecule has 0 saturated carbocycles. The van der Waals surface area contributed by atoms with Crippen molar-refractivity contribution in [2.45, 2.75) is 28.9 Å². The summed E-state index contributed by atoms with van der Waals surface area (Å²) in [7, 11) is 0. The zero-order valence-corrected chi connectivity index (χ0v) is 78.4. The number of furan rings is 3. The minimum Gasteiger partial charge on any atom is -0.456 e. The van der Waals surface area contributed by atoms with Gasteiger partial charge in [0.1, 0.15) is 38.3 Å². The topological polar surface area (TPSA) is 68.7 Å². The van der Waals surface area contributed by atoms with Crippen molar-refractivity contribution in [3.8, 4) is 44.5 Å². The van der Waals surface area contributed by atoms with E-state index >= 15 is 0 Å². The number of hydrogen-bond donors (Lipinski definition) is 1. The van der Waals surface area contributed by atoms with Crippen LogP contribution in [0.2, 0.25) is 0 Å². The van der Waals surface area contributed by atoms with Crippen LogP contribution < -0.4 is 10.6 Å². The van der Waals surface area contributed by atoms with Gasteiger partial charge in [-0.2, -0.15) is 0 Å². The molecule has 12 heteroatoms. The highest BCUT2D eigenvalue weighted by Crippen LogP contribution is 2.46. The van der Waals surface area contributed by atoms with Crippen molar-refractivity contribution in [1.29, 1.82) is 0 Å². The lowest BCUT2D eigenvalue weighted by molar-refractivity contribution is 0.668. The van der Waals surface area contributed by atoms with Gasteiger partial charge in [0.2, 0.25) is 0 Å². The maximum Gasteiger partial charge on any atom is 0.187 e. The highest BCUT2D eigenvalue weighted by Gasteiger charge is 2.21. The number of rotatable bonds is 9. The second-order valence-electron chi connectivity index (χ2n) is 31.9. The average Bonchev–Trinajstić information content (AvgIpc) is 1.66. The van der Waals surface area contributed by atoms with E-state index < -0.39 is 3.79 Å². The lowest BCUT2D eigenvalue weighted by atomic mass is 9.93. The molecule has 0 radical (unpaired) electrons. The monoisotopic (exact) mass is 1920 g/mol. The molecule has 0 fully saturated rings. The second kappa shape index (κ2) is 40.3. The Hall–Kier alpha value is -13.4. The molecule has 24 aromatic rings. The number of fused-ring (bicyclic) bond motifs is 18. The Morgan fingerprint density at radius 1 is 0.267 bits per heavy atom. The molecule has 2 N–H and O–H groups in total. The third-order valence-corrected chi connectivity index (χ3v) is 24.0. The van der Waals surface area contributed by atoms with Crippen LogP contribution in [0.25, 0.3) is 175 Å². The summed E-state index contributed by atoms with van der Waals surface area (Å²) >= 11 is 32.2.